The van der Waals surface area contributed by atoms with Gasteiger partial charge in [-0.25, -0.2) is 0 Å². The molecule has 0 amide bonds. The fourth-order valence-corrected chi connectivity index (χ4v) is 7.88. The van der Waals surface area contributed by atoms with Gasteiger partial charge in [0, 0.05) is 33.2 Å². The lowest BCUT2D eigenvalue weighted by atomic mass is 9.46. The molecule has 0 unspecified atom stereocenters. The topological polar surface area (TPSA) is 96.2 Å². The number of halogens is 1. The van der Waals surface area contributed by atoms with Gasteiger partial charge in [0.1, 0.15) is 30.3 Å². The number of carbonyl (C=O) groups excluding carboxylic acids is 2. The fraction of sp³-hybridized carbons (Fsp3) is 0.536. The van der Waals surface area contributed by atoms with Gasteiger partial charge in [-0.1, -0.05) is 64.8 Å². The molecule has 35 heavy (non-hydrogen) atoms. The predicted molar refractivity (Wildman–Crippen MR) is 135 cm³/mol. The first-order valence-corrected chi connectivity index (χ1v) is 13.2. The number of rotatable bonds is 5. The number of carbonyl (C=O) groups is 2. The van der Waals surface area contributed by atoms with Crippen LogP contribution < -0.4 is 0 Å². The van der Waals surface area contributed by atoms with Crippen LogP contribution in [0.2, 0.25) is 0 Å². The van der Waals surface area contributed by atoms with Crippen molar-refractivity contribution in [1.29, 1.82) is 0 Å². The molecular formula is C28H32BrNO5. The van der Waals surface area contributed by atoms with Crippen LogP contribution in [-0.4, -0.2) is 39.7 Å². The number of benzene rings is 1. The van der Waals surface area contributed by atoms with Gasteiger partial charge in [-0.2, -0.15) is 0 Å². The number of hydrogen-bond donors (Lipinski definition) is 2. The van der Waals surface area contributed by atoms with E-state index in [-0.39, 0.29) is 30.0 Å². The van der Waals surface area contributed by atoms with Crippen molar-refractivity contribution in [2.75, 3.05) is 6.61 Å². The van der Waals surface area contributed by atoms with E-state index >= 15 is 0 Å². The Labute approximate surface area is 214 Å². The zero-order valence-electron chi connectivity index (χ0n) is 20.2. The molecule has 6 nitrogen and oxygen atoms in total. The Morgan fingerprint density at radius 3 is 2.77 bits per heavy atom. The Bertz CT molecular complexity index is 1160. The summed E-state index contributed by atoms with van der Waals surface area (Å²) < 4.78 is 0.978. The van der Waals surface area contributed by atoms with Crippen LogP contribution in [0, 0.1) is 28.6 Å². The normalized spacial score (nSPS) is 39.0. The molecule has 7 heteroatoms. The maximum atomic E-state index is 13.7. The van der Waals surface area contributed by atoms with Crippen molar-refractivity contribution < 1.29 is 24.6 Å². The van der Waals surface area contributed by atoms with Crippen LogP contribution in [0.25, 0.3) is 0 Å². The molecule has 1 aromatic rings. The summed E-state index contributed by atoms with van der Waals surface area (Å²) in [7, 11) is 0. The van der Waals surface area contributed by atoms with Crippen LogP contribution in [0.5, 0.6) is 0 Å². The summed E-state index contributed by atoms with van der Waals surface area (Å²) >= 11 is 3.52. The molecule has 5 rings (SSSR count). The highest BCUT2D eigenvalue weighted by Gasteiger charge is 2.68. The summed E-state index contributed by atoms with van der Waals surface area (Å²) in [6.07, 6.45) is 8.92. The lowest BCUT2D eigenvalue weighted by Gasteiger charge is -2.56. The van der Waals surface area contributed by atoms with E-state index in [1.54, 1.807) is 0 Å². The van der Waals surface area contributed by atoms with E-state index in [2.05, 4.69) is 40.2 Å². The summed E-state index contributed by atoms with van der Waals surface area (Å²) in [5, 5.41) is 25.1. The van der Waals surface area contributed by atoms with Crippen molar-refractivity contribution in [3.63, 3.8) is 0 Å². The van der Waals surface area contributed by atoms with Gasteiger partial charge in [0.2, 0.25) is 0 Å². The van der Waals surface area contributed by atoms with E-state index in [9.17, 15) is 19.8 Å². The molecule has 186 valence electrons. The summed E-state index contributed by atoms with van der Waals surface area (Å²) in [6.45, 7) is 3.67. The van der Waals surface area contributed by atoms with E-state index < -0.39 is 28.8 Å². The number of ketones is 2. The Balaban J connectivity index is 1.37. The first-order valence-electron chi connectivity index (χ1n) is 12.4. The lowest BCUT2D eigenvalue weighted by molar-refractivity contribution is -0.168. The fourth-order valence-electron chi connectivity index (χ4n) is 7.48. The van der Waals surface area contributed by atoms with Gasteiger partial charge < -0.3 is 15.1 Å². The number of fused-ring (bicyclic) bond motifs is 5. The SMILES string of the molecule is C[C@]12C=CC(=NOCc3ccccc3Br)C=C1CC[C@@H]1[C@@H]2C(=O)C[C@@]2(C)[C@H]1CC[C@]2(O)C(=O)CO. The van der Waals surface area contributed by atoms with Crippen LogP contribution in [0.1, 0.15) is 51.5 Å². The van der Waals surface area contributed by atoms with Crippen LogP contribution in [0.3, 0.4) is 0 Å². The zero-order chi connectivity index (χ0) is 25.0. The van der Waals surface area contributed by atoms with Gasteiger partial charge in [0.25, 0.3) is 0 Å². The zero-order valence-corrected chi connectivity index (χ0v) is 21.8. The smallest absolute Gasteiger partial charge is 0.190 e. The van der Waals surface area contributed by atoms with Crippen molar-refractivity contribution >= 4 is 33.2 Å². The number of aliphatic hydroxyl groups excluding tert-OH is 1. The Morgan fingerprint density at radius 2 is 2.03 bits per heavy atom. The van der Waals surface area contributed by atoms with Crippen molar-refractivity contribution in [2.45, 2.75) is 58.2 Å². The van der Waals surface area contributed by atoms with Crippen LogP contribution in [0.15, 0.2) is 57.7 Å². The van der Waals surface area contributed by atoms with E-state index in [4.69, 9.17) is 4.84 Å². The molecule has 0 saturated heterocycles. The molecular weight excluding hydrogens is 510 g/mol. The van der Waals surface area contributed by atoms with Crippen LogP contribution >= 0.6 is 15.9 Å². The number of nitrogens with zero attached hydrogens (tertiary/aromatic N) is 1. The molecule has 0 heterocycles. The van der Waals surface area contributed by atoms with Gasteiger partial charge in [-0.15, -0.1) is 0 Å². The second kappa shape index (κ2) is 8.79. The molecule has 1 aromatic carbocycles. The van der Waals surface area contributed by atoms with Gasteiger partial charge in [-0.05, 0) is 55.7 Å². The monoisotopic (exact) mass is 541 g/mol. The summed E-state index contributed by atoms with van der Waals surface area (Å²) in [5.74, 6) is -0.481. The molecule has 0 radical (unpaired) electrons. The maximum absolute atomic E-state index is 13.7. The van der Waals surface area contributed by atoms with Crippen molar-refractivity contribution in [2.24, 2.45) is 33.7 Å². The minimum Gasteiger partial charge on any atom is -0.390 e. The second-order valence-electron chi connectivity index (χ2n) is 11.0. The molecule has 3 fully saturated rings. The van der Waals surface area contributed by atoms with Gasteiger partial charge in [0.05, 0.1) is 0 Å². The van der Waals surface area contributed by atoms with Crippen LogP contribution in [0.4, 0.5) is 0 Å². The highest BCUT2D eigenvalue weighted by Crippen LogP contribution is 2.66. The molecule has 4 aliphatic carbocycles. The second-order valence-corrected chi connectivity index (χ2v) is 11.8. The highest BCUT2D eigenvalue weighted by atomic mass is 79.9. The van der Waals surface area contributed by atoms with Gasteiger partial charge in [0.15, 0.2) is 5.78 Å². The van der Waals surface area contributed by atoms with E-state index in [1.807, 2.05) is 37.3 Å². The van der Waals surface area contributed by atoms with E-state index in [0.29, 0.717) is 19.4 Å². The summed E-state index contributed by atoms with van der Waals surface area (Å²) in [6, 6.07) is 7.87. The third kappa shape index (κ3) is 3.69. The average molecular weight is 542 g/mol. The average Bonchev–Trinajstić information content (AvgIpc) is 3.10. The number of aliphatic hydroxyl groups is 2. The largest absolute Gasteiger partial charge is 0.390 e. The minimum absolute atomic E-state index is 0.0696. The van der Waals surface area contributed by atoms with Crippen LogP contribution in [-0.2, 0) is 21.0 Å². The van der Waals surface area contributed by atoms with Crippen molar-refractivity contribution in [3.8, 4) is 0 Å². The number of allylic oxidation sites excluding steroid dienone is 4. The Hall–Kier alpha value is -2.09. The quantitative estimate of drug-likeness (QED) is 0.533. The number of oxime groups is 1. The Kier molecular flexibility index (Phi) is 6.17. The third-order valence-corrected chi connectivity index (χ3v) is 10.1. The Morgan fingerprint density at radius 1 is 1.26 bits per heavy atom. The van der Waals surface area contributed by atoms with E-state index in [0.717, 1.165) is 28.6 Å². The van der Waals surface area contributed by atoms with E-state index in [1.165, 1.54) is 5.57 Å². The molecule has 0 aliphatic heterocycles. The standard InChI is InChI=1S/C28H32BrNO5/c1-26-11-9-19(30-35-16-17-5-3-4-6-22(17)29)13-18(26)7-8-20-21-10-12-28(34,24(33)15-31)27(21,2)14-23(32)25(20)26/h3-6,9,11,13,20-21,25,31,34H,7-8,10,12,14-16H2,1-2H3/t20-,21-,25+,26-,27-,28-/m0/s1. The molecule has 4 aliphatic rings. The molecule has 3 saturated carbocycles. The molecule has 0 bridgehead atoms. The van der Waals surface area contributed by atoms with Gasteiger partial charge >= 0.3 is 0 Å². The first-order chi connectivity index (χ1) is 16.6. The maximum Gasteiger partial charge on any atom is 0.190 e. The number of Topliss-reactive ketones (excluding diaryl/α,β-unsaturated/α-hetero) is 2. The molecule has 0 spiro atoms. The lowest BCUT2D eigenvalue weighted by Crippen LogP contribution is -2.60. The summed E-state index contributed by atoms with van der Waals surface area (Å²) in [5.41, 5.74) is 0.0671. The van der Waals surface area contributed by atoms with Gasteiger partial charge in [-0.3, -0.25) is 9.59 Å². The minimum atomic E-state index is -1.63. The molecule has 2 N–H and O–H groups in total. The molecule has 6 atom stereocenters. The molecule has 0 aromatic heterocycles. The third-order valence-electron chi connectivity index (χ3n) is 9.37. The highest BCUT2D eigenvalue weighted by molar-refractivity contribution is 9.10. The van der Waals surface area contributed by atoms with Crippen molar-refractivity contribution in [3.05, 3.63) is 58.1 Å². The number of hydrogen-bond acceptors (Lipinski definition) is 6. The summed E-state index contributed by atoms with van der Waals surface area (Å²) in [4.78, 5) is 31.8. The first kappa shape index (κ1) is 24.6. The predicted octanol–water partition coefficient (Wildman–Crippen LogP) is 4.53. The van der Waals surface area contributed by atoms with Crippen molar-refractivity contribution in [1.82, 2.24) is 0 Å².